The average Bonchev–Trinajstić information content (AvgIpc) is 3.85. The van der Waals surface area contributed by atoms with Crippen LogP contribution in [0, 0.1) is 0 Å². The van der Waals surface area contributed by atoms with Gasteiger partial charge in [0.2, 0.25) is 0 Å². The highest BCUT2D eigenvalue weighted by Crippen LogP contribution is 2.49. The summed E-state index contributed by atoms with van der Waals surface area (Å²) in [6, 6.07) is 69.7. The number of furan rings is 2. The van der Waals surface area contributed by atoms with E-state index in [0.717, 1.165) is 60.9 Å². The van der Waals surface area contributed by atoms with E-state index in [2.05, 4.69) is 182 Å². The fourth-order valence-corrected chi connectivity index (χ4v) is 9.22. The molecule has 0 fully saturated rings. The Morgan fingerprint density at radius 1 is 0.268 bits per heavy atom. The lowest BCUT2D eigenvalue weighted by molar-refractivity contribution is 0.612. The minimum absolute atomic E-state index is 0.765. The predicted molar refractivity (Wildman–Crippen MR) is 235 cm³/mol. The van der Waals surface area contributed by atoms with Gasteiger partial charge in [-0.2, -0.15) is 0 Å². The van der Waals surface area contributed by atoms with E-state index < -0.39 is 0 Å². The maximum Gasteiger partial charge on any atom is 0.178 e. The van der Waals surface area contributed by atoms with E-state index >= 15 is 0 Å². The molecule has 2 aromatic heterocycles. The van der Waals surface area contributed by atoms with Crippen LogP contribution in [0.25, 0.3) is 121 Å². The van der Waals surface area contributed by atoms with Crippen LogP contribution in [0.4, 0.5) is 0 Å². The molecule has 2 heterocycles. The molecule has 0 spiro atoms. The Morgan fingerprint density at radius 3 is 1.50 bits per heavy atom. The first-order valence-electron chi connectivity index (χ1n) is 19.2. The monoisotopic (exact) mass is 712 g/mol. The first kappa shape index (κ1) is 31.0. The molecule has 12 rings (SSSR count). The molecule has 0 unspecified atom stereocenters. The number of rotatable bonds is 4. The van der Waals surface area contributed by atoms with Gasteiger partial charge in [0.05, 0.1) is 0 Å². The second kappa shape index (κ2) is 12.0. The number of fused-ring (bicyclic) bond motifs is 10. The Morgan fingerprint density at radius 2 is 0.804 bits per heavy atom. The van der Waals surface area contributed by atoms with E-state index in [1.165, 1.54) is 59.8 Å². The van der Waals surface area contributed by atoms with Crippen LogP contribution in [0.1, 0.15) is 0 Å². The van der Waals surface area contributed by atoms with Crippen LogP contribution in [-0.2, 0) is 0 Å². The number of hydrogen-bond donors (Lipinski definition) is 0. The molecule has 0 amide bonds. The van der Waals surface area contributed by atoms with Crippen LogP contribution >= 0.6 is 0 Å². The zero-order valence-electron chi connectivity index (χ0n) is 30.3. The van der Waals surface area contributed by atoms with Crippen molar-refractivity contribution in [3.05, 3.63) is 194 Å². The van der Waals surface area contributed by atoms with Crippen LogP contribution in [0.3, 0.4) is 0 Å². The molecule has 56 heavy (non-hydrogen) atoms. The lowest BCUT2D eigenvalue weighted by Crippen LogP contribution is -1.92. The zero-order valence-corrected chi connectivity index (χ0v) is 30.3. The topological polar surface area (TPSA) is 26.3 Å². The highest BCUT2D eigenvalue weighted by atomic mass is 16.4. The van der Waals surface area contributed by atoms with Gasteiger partial charge in [-0.1, -0.05) is 164 Å². The van der Waals surface area contributed by atoms with Crippen LogP contribution < -0.4 is 0 Å². The maximum absolute atomic E-state index is 6.83. The van der Waals surface area contributed by atoms with Gasteiger partial charge < -0.3 is 8.83 Å². The Kier molecular flexibility index (Phi) is 6.66. The van der Waals surface area contributed by atoms with Gasteiger partial charge >= 0.3 is 0 Å². The van der Waals surface area contributed by atoms with Gasteiger partial charge in [0.1, 0.15) is 11.3 Å². The first-order chi connectivity index (χ1) is 27.8. The van der Waals surface area contributed by atoms with Crippen molar-refractivity contribution in [1.29, 1.82) is 0 Å². The summed E-state index contributed by atoms with van der Waals surface area (Å²) in [7, 11) is 0. The lowest BCUT2D eigenvalue weighted by atomic mass is 9.83. The van der Waals surface area contributed by atoms with Crippen LogP contribution in [0.5, 0.6) is 0 Å². The third-order valence-corrected chi connectivity index (χ3v) is 11.7. The Bertz CT molecular complexity index is 3460. The highest BCUT2D eigenvalue weighted by molar-refractivity contribution is 6.26. The summed E-state index contributed by atoms with van der Waals surface area (Å²) >= 11 is 0. The summed E-state index contributed by atoms with van der Waals surface area (Å²) in [6.45, 7) is 0. The molecule has 0 saturated heterocycles. The summed E-state index contributed by atoms with van der Waals surface area (Å²) in [5, 5.41) is 13.1. The fourth-order valence-electron chi connectivity index (χ4n) is 9.22. The first-order valence-corrected chi connectivity index (χ1v) is 19.2. The molecule has 0 atom stereocenters. The Labute approximate surface area is 322 Å². The zero-order chi connectivity index (χ0) is 36.7. The molecule has 12 aromatic rings. The van der Waals surface area contributed by atoms with Crippen molar-refractivity contribution in [2.24, 2.45) is 0 Å². The quantitative estimate of drug-likeness (QED) is 0.134. The minimum Gasteiger partial charge on any atom is -0.452 e. The molecule has 2 heteroatoms. The van der Waals surface area contributed by atoms with Crippen LogP contribution in [0.2, 0.25) is 0 Å². The number of hydrogen-bond acceptors (Lipinski definition) is 2. The standard InChI is InChI=1S/C54H32O2/c1-3-15-33(16-4-1)50-45-29-28-44-46-32-36(27-30-48(46)55-53(44)54(45)56-52(50)34-17-5-2-6-18-34)49-40-23-11-13-25-42(40)51(43-26-14-12-24-41(43)49)47-31-35-19-7-8-20-37(35)38-21-9-10-22-39(38)47/h1-32H. The molecule has 10 aromatic carbocycles. The van der Waals surface area contributed by atoms with E-state index in [-0.39, 0.29) is 0 Å². The lowest BCUT2D eigenvalue weighted by Gasteiger charge is -2.19. The molecule has 0 N–H and O–H groups in total. The summed E-state index contributed by atoms with van der Waals surface area (Å²) in [6.07, 6.45) is 0. The second-order valence-corrected chi connectivity index (χ2v) is 14.7. The van der Waals surface area contributed by atoms with Crippen molar-refractivity contribution >= 4 is 76.0 Å². The summed E-state index contributed by atoms with van der Waals surface area (Å²) in [5.74, 6) is 0.845. The van der Waals surface area contributed by atoms with E-state index in [4.69, 9.17) is 8.83 Å². The molecule has 0 aliphatic rings. The van der Waals surface area contributed by atoms with Crippen LogP contribution in [-0.4, -0.2) is 0 Å². The van der Waals surface area contributed by atoms with E-state index in [1.54, 1.807) is 0 Å². The van der Waals surface area contributed by atoms with Crippen molar-refractivity contribution in [1.82, 2.24) is 0 Å². The molecule has 0 aliphatic carbocycles. The molecular formula is C54H32O2. The van der Waals surface area contributed by atoms with Gasteiger partial charge in [0, 0.05) is 27.3 Å². The molecule has 2 nitrogen and oxygen atoms in total. The molecule has 260 valence electrons. The van der Waals surface area contributed by atoms with Gasteiger partial charge in [-0.3, -0.25) is 0 Å². The third-order valence-electron chi connectivity index (χ3n) is 11.7. The molecule has 0 aliphatic heterocycles. The van der Waals surface area contributed by atoms with Gasteiger partial charge in [-0.15, -0.1) is 0 Å². The van der Waals surface area contributed by atoms with Crippen molar-refractivity contribution in [3.8, 4) is 44.7 Å². The maximum atomic E-state index is 6.83. The Hall–Kier alpha value is -7.42. The molecule has 0 bridgehead atoms. The molecule has 0 saturated carbocycles. The fraction of sp³-hybridized carbons (Fsp3) is 0. The SMILES string of the molecule is c1ccc(-c2oc3c(ccc4c5cc(-c6c7ccccc7c(-c7cc8ccccc8c8ccccc78)c7ccccc67)ccc5oc43)c2-c2ccccc2)cc1. The van der Waals surface area contributed by atoms with E-state index in [9.17, 15) is 0 Å². The normalized spacial score (nSPS) is 11.9. The van der Waals surface area contributed by atoms with Gasteiger partial charge in [-0.05, 0) is 101 Å². The van der Waals surface area contributed by atoms with Gasteiger partial charge in [0.25, 0.3) is 0 Å². The van der Waals surface area contributed by atoms with Crippen molar-refractivity contribution in [2.45, 2.75) is 0 Å². The third kappa shape index (κ3) is 4.50. The van der Waals surface area contributed by atoms with Gasteiger partial charge in [0.15, 0.2) is 11.2 Å². The smallest absolute Gasteiger partial charge is 0.178 e. The minimum atomic E-state index is 0.765. The largest absolute Gasteiger partial charge is 0.452 e. The molecular weight excluding hydrogens is 681 g/mol. The highest BCUT2D eigenvalue weighted by Gasteiger charge is 2.23. The van der Waals surface area contributed by atoms with E-state index in [0.29, 0.717) is 0 Å². The average molecular weight is 713 g/mol. The van der Waals surface area contributed by atoms with Crippen LogP contribution in [0.15, 0.2) is 203 Å². The predicted octanol–water partition coefficient (Wildman–Crippen LogP) is 15.6. The van der Waals surface area contributed by atoms with Crippen molar-refractivity contribution < 1.29 is 8.83 Å². The summed E-state index contributed by atoms with van der Waals surface area (Å²) in [5.41, 5.74) is 10.5. The van der Waals surface area contributed by atoms with Crippen molar-refractivity contribution in [2.75, 3.05) is 0 Å². The van der Waals surface area contributed by atoms with Crippen molar-refractivity contribution in [3.63, 3.8) is 0 Å². The summed E-state index contributed by atoms with van der Waals surface area (Å²) in [4.78, 5) is 0. The van der Waals surface area contributed by atoms with Gasteiger partial charge in [-0.25, -0.2) is 0 Å². The van der Waals surface area contributed by atoms with E-state index in [1.807, 2.05) is 12.1 Å². The second-order valence-electron chi connectivity index (χ2n) is 14.7. The summed E-state index contributed by atoms with van der Waals surface area (Å²) < 4.78 is 13.6. The Balaban J connectivity index is 1.12. The molecule has 0 radical (unpaired) electrons. The number of benzene rings is 10.